The number of rotatable bonds is 5. The Bertz CT molecular complexity index is 545. The Balaban J connectivity index is 1.80. The molecule has 1 N–H and O–H groups in total. The van der Waals surface area contributed by atoms with E-state index in [0.717, 1.165) is 5.69 Å². The van der Waals surface area contributed by atoms with Crippen LogP contribution < -0.4 is 5.32 Å². The Morgan fingerprint density at radius 3 is 2.83 bits per heavy atom. The van der Waals surface area contributed by atoms with Crippen molar-refractivity contribution in [3.8, 4) is 5.69 Å². The molecule has 1 heterocycles. The van der Waals surface area contributed by atoms with Crippen molar-refractivity contribution in [1.29, 1.82) is 0 Å². The molecular weight excluding hydrogens is 228 g/mol. The van der Waals surface area contributed by atoms with Crippen molar-refractivity contribution in [2.24, 2.45) is 0 Å². The smallest absolute Gasteiger partial charge is 0.196 e. The predicted molar refractivity (Wildman–Crippen MR) is 66.7 cm³/mol. The first-order valence-electron chi connectivity index (χ1n) is 6.07. The highest BCUT2D eigenvalue weighted by molar-refractivity contribution is 5.96. The number of carbonyl (C=O) groups is 1. The van der Waals surface area contributed by atoms with E-state index in [4.69, 9.17) is 0 Å². The summed E-state index contributed by atoms with van der Waals surface area (Å²) < 4.78 is 1.58. The molecule has 0 aliphatic heterocycles. The summed E-state index contributed by atoms with van der Waals surface area (Å²) in [6, 6.07) is 10.1. The molecule has 1 aromatic carbocycles. The van der Waals surface area contributed by atoms with Gasteiger partial charge >= 0.3 is 0 Å². The number of hydrogen-bond donors (Lipinski definition) is 1. The lowest BCUT2D eigenvalue weighted by atomic mass is 10.2. The number of hydrogen-bond acceptors (Lipinski definition) is 4. The third-order valence-corrected chi connectivity index (χ3v) is 2.96. The van der Waals surface area contributed by atoms with Crippen molar-refractivity contribution in [2.45, 2.75) is 18.9 Å². The van der Waals surface area contributed by atoms with Gasteiger partial charge in [0.05, 0.1) is 18.4 Å². The Morgan fingerprint density at radius 1 is 1.33 bits per heavy atom. The summed E-state index contributed by atoms with van der Waals surface area (Å²) in [5.41, 5.74) is 1.37. The second-order valence-electron chi connectivity index (χ2n) is 4.44. The zero-order valence-electron chi connectivity index (χ0n) is 9.91. The molecule has 0 bridgehead atoms. The summed E-state index contributed by atoms with van der Waals surface area (Å²) in [5, 5.41) is 11.0. The number of para-hydroxylation sites is 1. The van der Waals surface area contributed by atoms with Crippen molar-refractivity contribution in [1.82, 2.24) is 20.3 Å². The first-order valence-corrected chi connectivity index (χ1v) is 6.07. The van der Waals surface area contributed by atoms with E-state index in [1.807, 2.05) is 30.3 Å². The van der Waals surface area contributed by atoms with Gasteiger partial charge in [-0.2, -0.15) is 0 Å². The van der Waals surface area contributed by atoms with Crippen LogP contribution in [0.3, 0.4) is 0 Å². The largest absolute Gasteiger partial charge is 0.307 e. The minimum atomic E-state index is 0.0238. The molecule has 0 spiro atoms. The lowest BCUT2D eigenvalue weighted by Gasteiger charge is -2.05. The SMILES string of the molecule is O=C(CNC1CC1)c1cnnn1-c1ccccc1. The molecule has 2 aromatic rings. The first kappa shape index (κ1) is 11.1. The van der Waals surface area contributed by atoms with Crippen LogP contribution in [0.1, 0.15) is 23.3 Å². The van der Waals surface area contributed by atoms with Gasteiger partial charge in [-0.15, -0.1) is 5.10 Å². The van der Waals surface area contributed by atoms with Crippen LogP contribution in [0.2, 0.25) is 0 Å². The molecule has 0 saturated heterocycles. The van der Waals surface area contributed by atoms with Gasteiger partial charge in [0, 0.05) is 6.04 Å². The number of ketones is 1. The average Bonchev–Trinajstić information content (AvgIpc) is 3.11. The molecule has 0 unspecified atom stereocenters. The minimum Gasteiger partial charge on any atom is -0.307 e. The van der Waals surface area contributed by atoms with Gasteiger partial charge in [-0.1, -0.05) is 23.4 Å². The van der Waals surface area contributed by atoms with Crippen LogP contribution in [0.5, 0.6) is 0 Å². The van der Waals surface area contributed by atoms with Crippen LogP contribution >= 0.6 is 0 Å². The molecule has 18 heavy (non-hydrogen) atoms. The van der Waals surface area contributed by atoms with Crippen LogP contribution in [-0.2, 0) is 0 Å². The Hall–Kier alpha value is -2.01. The highest BCUT2D eigenvalue weighted by atomic mass is 16.1. The van der Waals surface area contributed by atoms with Crippen molar-refractivity contribution >= 4 is 5.78 Å². The summed E-state index contributed by atoms with van der Waals surface area (Å²) in [4.78, 5) is 12.1. The molecule has 5 heteroatoms. The zero-order valence-corrected chi connectivity index (χ0v) is 9.91. The fraction of sp³-hybridized carbons (Fsp3) is 0.308. The Kier molecular flexibility index (Phi) is 2.90. The molecule has 0 amide bonds. The third-order valence-electron chi connectivity index (χ3n) is 2.96. The number of nitrogens with one attached hydrogen (secondary N) is 1. The highest BCUT2D eigenvalue weighted by Crippen LogP contribution is 2.18. The van der Waals surface area contributed by atoms with E-state index in [0.29, 0.717) is 18.3 Å². The molecule has 92 valence electrons. The van der Waals surface area contributed by atoms with Crippen molar-refractivity contribution in [3.63, 3.8) is 0 Å². The maximum atomic E-state index is 12.1. The summed E-state index contributed by atoms with van der Waals surface area (Å²) in [7, 11) is 0. The second kappa shape index (κ2) is 4.70. The Morgan fingerprint density at radius 2 is 2.11 bits per heavy atom. The molecule has 1 aromatic heterocycles. The van der Waals surface area contributed by atoms with Gasteiger partial charge in [0.1, 0.15) is 5.69 Å². The van der Waals surface area contributed by atoms with Gasteiger partial charge in [0.2, 0.25) is 0 Å². The Labute approximate surface area is 105 Å². The summed E-state index contributed by atoms with van der Waals surface area (Å²) in [6.07, 6.45) is 3.86. The van der Waals surface area contributed by atoms with Crippen LogP contribution in [0.15, 0.2) is 36.5 Å². The quantitative estimate of drug-likeness (QED) is 0.800. The van der Waals surface area contributed by atoms with E-state index in [2.05, 4.69) is 15.6 Å². The van der Waals surface area contributed by atoms with E-state index in [1.165, 1.54) is 19.0 Å². The molecule has 0 atom stereocenters. The molecule has 1 aliphatic rings. The molecule has 5 nitrogen and oxygen atoms in total. The van der Waals surface area contributed by atoms with Gasteiger partial charge in [-0.05, 0) is 25.0 Å². The van der Waals surface area contributed by atoms with Gasteiger partial charge in [-0.3, -0.25) is 4.79 Å². The van der Waals surface area contributed by atoms with Crippen LogP contribution in [0.4, 0.5) is 0 Å². The fourth-order valence-corrected chi connectivity index (χ4v) is 1.80. The van der Waals surface area contributed by atoms with Crippen molar-refractivity contribution in [3.05, 3.63) is 42.2 Å². The van der Waals surface area contributed by atoms with Crippen LogP contribution in [-0.4, -0.2) is 33.4 Å². The zero-order chi connectivity index (χ0) is 12.4. The van der Waals surface area contributed by atoms with E-state index in [9.17, 15) is 4.79 Å². The third kappa shape index (κ3) is 2.31. The molecule has 1 aliphatic carbocycles. The number of benzene rings is 1. The molecule has 3 rings (SSSR count). The first-order chi connectivity index (χ1) is 8.84. The molecule has 1 fully saturated rings. The predicted octanol–water partition coefficient (Wildman–Crippen LogP) is 1.20. The monoisotopic (exact) mass is 242 g/mol. The summed E-state index contributed by atoms with van der Waals surface area (Å²) in [5.74, 6) is 0.0238. The number of Topliss-reactive ketones (excluding diaryl/α,β-unsaturated/α-hetero) is 1. The minimum absolute atomic E-state index is 0.0238. The lowest BCUT2D eigenvalue weighted by molar-refractivity contribution is 0.0983. The average molecular weight is 242 g/mol. The molecular formula is C13H14N4O. The van der Waals surface area contributed by atoms with Gasteiger partial charge < -0.3 is 5.32 Å². The van der Waals surface area contributed by atoms with Crippen molar-refractivity contribution < 1.29 is 4.79 Å². The second-order valence-corrected chi connectivity index (χ2v) is 4.44. The summed E-state index contributed by atoms with van der Waals surface area (Å²) >= 11 is 0. The topological polar surface area (TPSA) is 59.8 Å². The highest BCUT2D eigenvalue weighted by Gasteiger charge is 2.22. The lowest BCUT2D eigenvalue weighted by Crippen LogP contribution is -2.26. The maximum Gasteiger partial charge on any atom is 0.196 e. The number of carbonyl (C=O) groups excluding carboxylic acids is 1. The van der Waals surface area contributed by atoms with Gasteiger partial charge in [0.15, 0.2) is 5.78 Å². The van der Waals surface area contributed by atoms with Crippen molar-refractivity contribution in [2.75, 3.05) is 6.54 Å². The van der Waals surface area contributed by atoms with E-state index in [1.54, 1.807) is 4.68 Å². The summed E-state index contributed by atoms with van der Waals surface area (Å²) in [6.45, 7) is 0.352. The van der Waals surface area contributed by atoms with Gasteiger partial charge in [-0.25, -0.2) is 4.68 Å². The maximum absolute atomic E-state index is 12.1. The van der Waals surface area contributed by atoms with Gasteiger partial charge in [0.25, 0.3) is 0 Å². The van der Waals surface area contributed by atoms with E-state index < -0.39 is 0 Å². The van der Waals surface area contributed by atoms with Crippen LogP contribution in [0, 0.1) is 0 Å². The normalized spacial score (nSPS) is 14.7. The number of aromatic nitrogens is 3. The van der Waals surface area contributed by atoms with E-state index >= 15 is 0 Å². The van der Waals surface area contributed by atoms with Crippen LogP contribution in [0.25, 0.3) is 5.69 Å². The fourth-order valence-electron chi connectivity index (χ4n) is 1.80. The van der Waals surface area contributed by atoms with E-state index in [-0.39, 0.29) is 5.78 Å². The molecule has 0 radical (unpaired) electrons. The number of nitrogens with zero attached hydrogens (tertiary/aromatic N) is 3. The standard InChI is InChI=1S/C13H14N4O/c18-13(9-14-10-6-7-10)12-8-15-16-17(12)11-4-2-1-3-5-11/h1-5,8,10,14H,6-7,9H2. The molecule has 1 saturated carbocycles.